The first-order valence-corrected chi connectivity index (χ1v) is 14.0. The van der Waals surface area contributed by atoms with Gasteiger partial charge in [-0.3, -0.25) is 9.59 Å². The molecule has 1 heterocycles. The maximum atomic E-state index is 14.2. The third kappa shape index (κ3) is 7.73. The van der Waals surface area contributed by atoms with Crippen LogP contribution in [0.25, 0.3) is 0 Å². The molecule has 8 heteroatoms. The summed E-state index contributed by atoms with van der Waals surface area (Å²) in [6.45, 7) is 12.2. The third-order valence-electron chi connectivity index (χ3n) is 7.37. The van der Waals surface area contributed by atoms with Gasteiger partial charge in [0.2, 0.25) is 0 Å². The standard InChI is InChI=1S/C31H45N3O5/c1-7-33-15-17-34(18-16-33)27-11-8-10-25(21-35)30(27)31(36)32(4)26(12-9-19-39-22-23(2)3)24-13-14-28(37-5)29(20-24)38-6/h8,10-11,13-14,20-21,23,26H,7,9,12,15-19,22H2,1-6H3/t26-/m1/s1. The van der Waals surface area contributed by atoms with Crippen molar-refractivity contribution in [3.8, 4) is 11.5 Å². The van der Waals surface area contributed by atoms with Crippen LogP contribution >= 0.6 is 0 Å². The molecule has 0 unspecified atom stereocenters. The molecule has 1 saturated heterocycles. The summed E-state index contributed by atoms with van der Waals surface area (Å²) in [6.07, 6.45) is 2.27. The van der Waals surface area contributed by atoms with Crippen molar-refractivity contribution in [2.24, 2.45) is 5.92 Å². The number of aldehydes is 1. The summed E-state index contributed by atoms with van der Waals surface area (Å²) in [6, 6.07) is 11.1. The Morgan fingerprint density at radius 1 is 1.05 bits per heavy atom. The number of likely N-dealkylation sites (N-methyl/N-ethyl adjacent to an activating group) is 1. The molecule has 1 aliphatic rings. The Labute approximate surface area is 233 Å². The molecule has 0 radical (unpaired) electrons. The van der Waals surface area contributed by atoms with E-state index in [0.29, 0.717) is 48.2 Å². The monoisotopic (exact) mass is 539 g/mol. The molecule has 39 heavy (non-hydrogen) atoms. The molecule has 1 atom stereocenters. The zero-order valence-electron chi connectivity index (χ0n) is 24.4. The summed E-state index contributed by atoms with van der Waals surface area (Å²) in [5.41, 5.74) is 2.63. The highest BCUT2D eigenvalue weighted by molar-refractivity contribution is 6.06. The molecule has 8 nitrogen and oxygen atoms in total. The van der Waals surface area contributed by atoms with Crippen LogP contribution in [0.3, 0.4) is 0 Å². The van der Waals surface area contributed by atoms with Crippen molar-refractivity contribution in [2.75, 3.05) is 72.1 Å². The molecule has 0 saturated carbocycles. The first-order chi connectivity index (χ1) is 18.8. The van der Waals surface area contributed by atoms with E-state index in [4.69, 9.17) is 14.2 Å². The molecule has 3 rings (SSSR count). The average Bonchev–Trinajstić information content (AvgIpc) is 2.97. The Balaban J connectivity index is 1.94. The number of rotatable bonds is 14. The Bertz CT molecular complexity index is 1080. The zero-order valence-corrected chi connectivity index (χ0v) is 24.4. The Morgan fingerprint density at radius 2 is 1.77 bits per heavy atom. The van der Waals surface area contributed by atoms with Crippen LogP contribution in [-0.2, 0) is 4.74 Å². The second-order valence-corrected chi connectivity index (χ2v) is 10.4. The van der Waals surface area contributed by atoms with Gasteiger partial charge in [-0.2, -0.15) is 0 Å². The van der Waals surface area contributed by atoms with Gasteiger partial charge in [0.25, 0.3) is 5.91 Å². The predicted octanol–water partition coefficient (Wildman–Crippen LogP) is 4.92. The highest BCUT2D eigenvalue weighted by Gasteiger charge is 2.29. The topological polar surface area (TPSA) is 71.6 Å². The minimum atomic E-state index is -0.246. The third-order valence-corrected chi connectivity index (χ3v) is 7.37. The number of methoxy groups -OCH3 is 2. The number of carbonyl (C=O) groups excluding carboxylic acids is 2. The maximum Gasteiger partial charge on any atom is 0.256 e. The molecule has 214 valence electrons. The van der Waals surface area contributed by atoms with Crippen molar-refractivity contribution in [1.82, 2.24) is 9.80 Å². The van der Waals surface area contributed by atoms with Gasteiger partial charge >= 0.3 is 0 Å². The molecule has 0 spiro atoms. The Hall–Kier alpha value is -3.10. The van der Waals surface area contributed by atoms with Gasteiger partial charge in [-0.05, 0) is 49.1 Å². The highest BCUT2D eigenvalue weighted by atomic mass is 16.5. The van der Waals surface area contributed by atoms with Crippen LogP contribution in [-0.4, -0.2) is 89.2 Å². The number of carbonyl (C=O) groups is 2. The molecular formula is C31H45N3O5. The predicted molar refractivity (Wildman–Crippen MR) is 155 cm³/mol. The SMILES string of the molecule is CCN1CCN(c2cccc(C=O)c2C(=O)N(C)[C@H](CCCOCC(C)C)c2ccc(OC)c(OC)c2)CC1. The number of hydrogen-bond acceptors (Lipinski definition) is 7. The maximum absolute atomic E-state index is 14.2. The van der Waals surface area contributed by atoms with Crippen LogP contribution in [0.1, 0.15) is 65.9 Å². The summed E-state index contributed by atoms with van der Waals surface area (Å²) in [5.74, 6) is 1.54. The number of anilines is 1. The van der Waals surface area contributed by atoms with Crippen LogP contribution in [0.2, 0.25) is 0 Å². The van der Waals surface area contributed by atoms with Gasteiger partial charge in [0, 0.05) is 52.0 Å². The Kier molecular flexibility index (Phi) is 11.6. The van der Waals surface area contributed by atoms with E-state index in [1.54, 1.807) is 25.2 Å². The average molecular weight is 540 g/mol. The van der Waals surface area contributed by atoms with Crippen molar-refractivity contribution in [3.63, 3.8) is 0 Å². The number of ether oxygens (including phenoxy) is 3. The number of hydrogen-bond donors (Lipinski definition) is 0. The van der Waals surface area contributed by atoms with Crippen LogP contribution in [0.4, 0.5) is 5.69 Å². The number of nitrogens with zero attached hydrogens (tertiary/aromatic N) is 3. The molecule has 1 aliphatic heterocycles. The van der Waals surface area contributed by atoms with Crippen molar-refractivity contribution in [1.29, 1.82) is 0 Å². The summed E-state index contributed by atoms with van der Waals surface area (Å²) >= 11 is 0. The molecular weight excluding hydrogens is 494 g/mol. The van der Waals surface area contributed by atoms with Crippen molar-refractivity contribution in [3.05, 3.63) is 53.1 Å². The van der Waals surface area contributed by atoms with E-state index < -0.39 is 0 Å². The lowest BCUT2D eigenvalue weighted by Gasteiger charge is -2.37. The van der Waals surface area contributed by atoms with E-state index in [1.165, 1.54) is 0 Å². The molecule has 0 aliphatic carbocycles. The summed E-state index contributed by atoms with van der Waals surface area (Å²) in [4.78, 5) is 32.7. The van der Waals surface area contributed by atoms with Crippen LogP contribution in [0.15, 0.2) is 36.4 Å². The van der Waals surface area contributed by atoms with Crippen LogP contribution < -0.4 is 14.4 Å². The molecule has 0 bridgehead atoms. The summed E-state index contributed by atoms with van der Waals surface area (Å²) in [7, 11) is 5.03. The van der Waals surface area contributed by atoms with Crippen molar-refractivity contribution >= 4 is 17.9 Å². The van der Waals surface area contributed by atoms with Gasteiger partial charge in [0.1, 0.15) is 0 Å². The molecule has 0 aromatic heterocycles. The Morgan fingerprint density at radius 3 is 2.38 bits per heavy atom. The number of amides is 1. The molecule has 2 aromatic rings. The fraction of sp³-hybridized carbons (Fsp3) is 0.548. The fourth-order valence-corrected chi connectivity index (χ4v) is 5.12. The van der Waals surface area contributed by atoms with Crippen LogP contribution in [0.5, 0.6) is 11.5 Å². The lowest BCUT2D eigenvalue weighted by molar-refractivity contribution is 0.0688. The first-order valence-electron chi connectivity index (χ1n) is 14.0. The summed E-state index contributed by atoms with van der Waals surface area (Å²) < 4.78 is 16.8. The normalized spacial score (nSPS) is 14.8. The first kappa shape index (κ1) is 30.4. The summed E-state index contributed by atoms with van der Waals surface area (Å²) in [5, 5.41) is 0. The van der Waals surface area contributed by atoms with Gasteiger partial charge in [-0.1, -0.05) is 39.0 Å². The quantitative estimate of drug-likeness (QED) is 0.249. The smallest absolute Gasteiger partial charge is 0.256 e. The number of piperazine rings is 1. The van der Waals surface area contributed by atoms with Gasteiger partial charge in [-0.15, -0.1) is 0 Å². The molecule has 1 fully saturated rings. The van der Waals surface area contributed by atoms with Crippen molar-refractivity contribution < 1.29 is 23.8 Å². The molecule has 0 N–H and O–H groups in total. The van der Waals surface area contributed by atoms with Gasteiger partial charge in [0.05, 0.1) is 31.5 Å². The lowest BCUT2D eigenvalue weighted by Crippen LogP contribution is -2.47. The second-order valence-electron chi connectivity index (χ2n) is 10.4. The van der Waals surface area contributed by atoms with Gasteiger partial charge in [-0.25, -0.2) is 0 Å². The van der Waals surface area contributed by atoms with Crippen LogP contribution in [0, 0.1) is 5.92 Å². The van der Waals surface area contributed by atoms with Gasteiger partial charge in [0.15, 0.2) is 17.8 Å². The zero-order chi connectivity index (χ0) is 28.4. The molecule has 1 amide bonds. The van der Waals surface area contributed by atoms with E-state index in [-0.39, 0.29) is 11.9 Å². The van der Waals surface area contributed by atoms with E-state index in [0.717, 1.165) is 56.7 Å². The van der Waals surface area contributed by atoms with Gasteiger partial charge < -0.3 is 28.9 Å². The lowest BCUT2D eigenvalue weighted by atomic mass is 9.97. The second kappa shape index (κ2) is 14.9. The van der Waals surface area contributed by atoms with E-state index in [2.05, 4.69) is 30.6 Å². The fourth-order valence-electron chi connectivity index (χ4n) is 5.12. The minimum absolute atomic E-state index is 0.173. The molecule has 2 aromatic carbocycles. The minimum Gasteiger partial charge on any atom is -0.493 e. The van der Waals surface area contributed by atoms with Crippen molar-refractivity contribution in [2.45, 2.75) is 39.7 Å². The largest absolute Gasteiger partial charge is 0.493 e. The van der Waals surface area contributed by atoms with E-state index >= 15 is 0 Å². The van der Waals surface area contributed by atoms with E-state index in [9.17, 15) is 9.59 Å². The van der Waals surface area contributed by atoms with E-state index in [1.807, 2.05) is 37.4 Å². The number of benzene rings is 2. The highest BCUT2D eigenvalue weighted by Crippen LogP contribution is 2.35.